The van der Waals surface area contributed by atoms with Gasteiger partial charge in [0.25, 0.3) is 0 Å². The van der Waals surface area contributed by atoms with E-state index in [1.165, 1.54) is 25.7 Å². The van der Waals surface area contributed by atoms with Crippen molar-refractivity contribution in [2.24, 2.45) is 17.2 Å². The topological polar surface area (TPSA) is 95.1 Å². The van der Waals surface area contributed by atoms with Gasteiger partial charge >= 0.3 is 0 Å². The van der Waals surface area contributed by atoms with Crippen LogP contribution >= 0.6 is 0 Å². The fourth-order valence-corrected chi connectivity index (χ4v) is 1.56. The maximum absolute atomic E-state index is 10.4. The number of carbonyl (C=O) groups excluding carboxylic acids is 1. The number of primary amides is 1. The molecule has 0 spiro atoms. The van der Waals surface area contributed by atoms with Gasteiger partial charge in [-0.1, -0.05) is 38.5 Å². The summed E-state index contributed by atoms with van der Waals surface area (Å²) in [4.78, 5) is 10.4. The lowest BCUT2D eigenvalue weighted by atomic mass is 10.1. The smallest absolute Gasteiger partial charge is 0.217 e. The van der Waals surface area contributed by atoms with E-state index in [0.717, 1.165) is 25.7 Å². The van der Waals surface area contributed by atoms with Crippen molar-refractivity contribution in [2.75, 3.05) is 0 Å². The number of unbranched alkanes of at least 4 members (excludes halogenated alkanes) is 6. The number of carbonyl (C=O) groups is 1. The molecular formula is C11H25N3O. The van der Waals surface area contributed by atoms with E-state index >= 15 is 0 Å². The molecular weight excluding hydrogens is 190 g/mol. The number of amides is 1. The fourth-order valence-electron chi connectivity index (χ4n) is 1.56. The molecule has 0 saturated heterocycles. The number of nitrogens with two attached hydrogens (primary N) is 3. The van der Waals surface area contributed by atoms with Crippen LogP contribution in [-0.2, 0) is 4.79 Å². The van der Waals surface area contributed by atoms with Gasteiger partial charge in [-0.05, 0) is 12.8 Å². The van der Waals surface area contributed by atoms with Gasteiger partial charge in [-0.15, -0.1) is 0 Å². The number of hydrogen-bond donors (Lipinski definition) is 3. The van der Waals surface area contributed by atoms with Crippen molar-refractivity contribution >= 4 is 5.91 Å². The highest BCUT2D eigenvalue weighted by Crippen LogP contribution is 2.09. The van der Waals surface area contributed by atoms with Crippen LogP contribution in [-0.4, -0.2) is 12.1 Å². The van der Waals surface area contributed by atoms with Gasteiger partial charge in [-0.25, -0.2) is 0 Å². The summed E-state index contributed by atoms with van der Waals surface area (Å²) >= 11 is 0. The third kappa shape index (κ3) is 13.4. The molecule has 0 aliphatic heterocycles. The second-order valence-electron chi connectivity index (χ2n) is 4.14. The summed E-state index contributed by atoms with van der Waals surface area (Å²) in [7, 11) is 0. The van der Waals surface area contributed by atoms with Crippen LogP contribution in [0, 0.1) is 0 Å². The molecule has 0 fully saturated rings. The second kappa shape index (κ2) is 9.93. The van der Waals surface area contributed by atoms with Crippen LogP contribution in [0.2, 0.25) is 0 Å². The van der Waals surface area contributed by atoms with Crippen LogP contribution in [0.1, 0.15) is 57.8 Å². The highest BCUT2D eigenvalue weighted by molar-refractivity contribution is 5.73. The molecule has 0 saturated carbocycles. The minimum atomic E-state index is -0.188. The maximum atomic E-state index is 10.4. The molecule has 15 heavy (non-hydrogen) atoms. The molecule has 0 aromatic heterocycles. The fraction of sp³-hybridized carbons (Fsp3) is 0.909. The van der Waals surface area contributed by atoms with Gasteiger partial charge in [0.15, 0.2) is 0 Å². The predicted molar refractivity (Wildman–Crippen MR) is 62.9 cm³/mol. The quantitative estimate of drug-likeness (QED) is 0.378. The average Bonchev–Trinajstić information content (AvgIpc) is 2.14. The normalized spacial score (nSPS) is 10.9. The summed E-state index contributed by atoms with van der Waals surface area (Å²) in [5.41, 5.74) is 15.9. The largest absolute Gasteiger partial charge is 0.370 e. The van der Waals surface area contributed by atoms with Crippen molar-refractivity contribution in [3.05, 3.63) is 0 Å². The molecule has 0 unspecified atom stereocenters. The predicted octanol–water partition coefficient (Wildman–Crippen LogP) is 1.23. The zero-order chi connectivity index (χ0) is 11.5. The molecule has 1 amide bonds. The first-order valence-electron chi connectivity index (χ1n) is 5.92. The zero-order valence-corrected chi connectivity index (χ0v) is 9.58. The highest BCUT2D eigenvalue weighted by atomic mass is 16.1. The highest BCUT2D eigenvalue weighted by Gasteiger charge is 1.96. The summed E-state index contributed by atoms with van der Waals surface area (Å²) in [6.45, 7) is 0. The van der Waals surface area contributed by atoms with E-state index in [4.69, 9.17) is 17.2 Å². The van der Waals surface area contributed by atoms with Gasteiger partial charge < -0.3 is 17.2 Å². The third-order valence-electron chi connectivity index (χ3n) is 2.46. The first-order chi connectivity index (χ1) is 7.13. The minimum absolute atomic E-state index is 0.152. The van der Waals surface area contributed by atoms with Crippen LogP contribution in [0.4, 0.5) is 0 Å². The standard InChI is InChI=1S/C11H25N3O/c12-10(13)8-6-4-2-1-3-5-7-9-11(14)15/h10H,1-9,12-13H2,(H2,14,15). The number of hydrogen-bond acceptors (Lipinski definition) is 3. The van der Waals surface area contributed by atoms with E-state index in [9.17, 15) is 4.79 Å². The van der Waals surface area contributed by atoms with Crippen LogP contribution in [0.5, 0.6) is 0 Å². The summed E-state index contributed by atoms with van der Waals surface area (Å²) in [6.07, 6.45) is 9.34. The van der Waals surface area contributed by atoms with Crippen LogP contribution in [0.3, 0.4) is 0 Å². The zero-order valence-electron chi connectivity index (χ0n) is 9.58. The van der Waals surface area contributed by atoms with Gasteiger partial charge in [0.05, 0.1) is 6.17 Å². The molecule has 0 heterocycles. The van der Waals surface area contributed by atoms with Crippen molar-refractivity contribution in [3.63, 3.8) is 0 Å². The van der Waals surface area contributed by atoms with E-state index < -0.39 is 0 Å². The molecule has 0 aliphatic rings. The maximum Gasteiger partial charge on any atom is 0.217 e. The van der Waals surface area contributed by atoms with Crippen LogP contribution in [0.15, 0.2) is 0 Å². The average molecular weight is 215 g/mol. The molecule has 90 valence electrons. The Morgan fingerprint density at radius 1 is 0.867 bits per heavy atom. The Balaban J connectivity index is 2.96. The molecule has 4 nitrogen and oxygen atoms in total. The Bertz CT molecular complexity index is 160. The van der Waals surface area contributed by atoms with E-state index in [1.54, 1.807) is 0 Å². The molecule has 0 radical (unpaired) electrons. The lowest BCUT2D eigenvalue weighted by Gasteiger charge is -2.04. The van der Waals surface area contributed by atoms with Crippen LogP contribution in [0.25, 0.3) is 0 Å². The summed E-state index contributed by atoms with van der Waals surface area (Å²) in [5, 5.41) is 0. The molecule has 0 atom stereocenters. The van der Waals surface area contributed by atoms with Gasteiger partial charge in [0.1, 0.15) is 0 Å². The summed E-state index contributed by atoms with van der Waals surface area (Å²) < 4.78 is 0. The van der Waals surface area contributed by atoms with Crippen molar-refractivity contribution in [2.45, 2.75) is 64.0 Å². The molecule has 0 rings (SSSR count). The molecule has 0 aromatic carbocycles. The Labute approximate surface area is 92.6 Å². The number of rotatable bonds is 10. The summed E-state index contributed by atoms with van der Waals surface area (Å²) in [6, 6.07) is 0. The van der Waals surface area contributed by atoms with Crippen molar-refractivity contribution in [1.82, 2.24) is 0 Å². The van der Waals surface area contributed by atoms with Crippen molar-refractivity contribution < 1.29 is 4.79 Å². The molecule has 0 aliphatic carbocycles. The first-order valence-corrected chi connectivity index (χ1v) is 5.92. The lowest BCUT2D eigenvalue weighted by Crippen LogP contribution is -2.29. The van der Waals surface area contributed by atoms with Gasteiger partial charge in [0, 0.05) is 6.42 Å². The Morgan fingerprint density at radius 2 is 1.33 bits per heavy atom. The molecule has 6 N–H and O–H groups in total. The van der Waals surface area contributed by atoms with E-state index in [0.29, 0.717) is 6.42 Å². The second-order valence-corrected chi connectivity index (χ2v) is 4.14. The monoisotopic (exact) mass is 215 g/mol. The van der Waals surface area contributed by atoms with E-state index in [1.807, 2.05) is 0 Å². The van der Waals surface area contributed by atoms with Crippen molar-refractivity contribution in [1.29, 1.82) is 0 Å². The van der Waals surface area contributed by atoms with Crippen molar-refractivity contribution in [3.8, 4) is 0 Å². The van der Waals surface area contributed by atoms with E-state index in [-0.39, 0.29) is 12.1 Å². The molecule has 0 aromatic rings. The SMILES string of the molecule is NC(=O)CCCCCCCCCC(N)N. The Kier molecular flexibility index (Phi) is 9.52. The first kappa shape index (κ1) is 14.4. The Morgan fingerprint density at radius 3 is 1.80 bits per heavy atom. The minimum Gasteiger partial charge on any atom is -0.370 e. The summed E-state index contributed by atoms with van der Waals surface area (Å²) in [5.74, 6) is -0.188. The van der Waals surface area contributed by atoms with E-state index in [2.05, 4.69) is 0 Å². The van der Waals surface area contributed by atoms with Gasteiger partial charge in [-0.3, -0.25) is 4.79 Å². The van der Waals surface area contributed by atoms with Crippen LogP contribution < -0.4 is 17.2 Å². The third-order valence-corrected chi connectivity index (χ3v) is 2.46. The van der Waals surface area contributed by atoms with Gasteiger partial charge in [0.2, 0.25) is 5.91 Å². The van der Waals surface area contributed by atoms with Gasteiger partial charge in [-0.2, -0.15) is 0 Å². The molecule has 4 heteroatoms. The Hall–Kier alpha value is -0.610. The molecule has 0 bridgehead atoms. The lowest BCUT2D eigenvalue weighted by molar-refractivity contribution is -0.118.